The molecule has 2 aliphatic carbocycles. The fourth-order valence-electron chi connectivity index (χ4n) is 10.7. The van der Waals surface area contributed by atoms with Gasteiger partial charge in [0, 0.05) is 72.7 Å². The second-order valence-electron chi connectivity index (χ2n) is 21.9. The number of aliphatic hydroxyl groups excluding tert-OH is 1. The Labute approximate surface area is 441 Å². The number of Topliss-reactive ketones (excluding diaryl/α,β-unsaturated/α-hetero) is 1. The molecule has 3 amide bonds. The smallest absolute Gasteiger partial charge is 0.246 e. The molecule has 1 aliphatic heterocycles. The summed E-state index contributed by atoms with van der Waals surface area (Å²) in [6, 6.07) is 25.0. The van der Waals surface area contributed by atoms with E-state index in [-0.39, 0.29) is 56.1 Å². The zero-order chi connectivity index (χ0) is 53.6. The average molecular weight is 1020 g/mol. The van der Waals surface area contributed by atoms with Crippen LogP contribution in [0.4, 0.5) is 0 Å². The molecule has 1 saturated carbocycles. The Bertz CT molecular complexity index is 2960. The van der Waals surface area contributed by atoms with Gasteiger partial charge in [-0.25, -0.2) is 4.98 Å². The largest absolute Gasteiger partial charge is 0.393 e. The predicted molar refractivity (Wildman–Crippen MR) is 293 cm³/mol. The van der Waals surface area contributed by atoms with Gasteiger partial charge in [0.1, 0.15) is 18.5 Å². The number of aliphatic hydroxyl groups is 1. The molecule has 8 rings (SSSR count). The van der Waals surface area contributed by atoms with E-state index in [0.717, 1.165) is 68.3 Å². The van der Waals surface area contributed by atoms with Gasteiger partial charge in [-0.2, -0.15) is 0 Å². The van der Waals surface area contributed by atoms with Crippen LogP contribution in [0, 0.1) is 38.0 Å². The highest BCUT2D eigenvalue weighted by atomic mass is 16.5. The van der Waals surface area contributed by atoms with Crippen molar-refractivity contribution in [2.24, 2.45) is 22.2 Å². The molecule has 3 aromatic carbocycles. The quantitative estimate of drug-likeness (QED) is 0.0450. The molecule has 5 N–H and O–H groups in total. The second-order valence-corrected chi connectivity index (χ2v) is 21.9. The highest BCUT2D eigenvalue weighted by molar-refractivity contribution is 6.19. The molecule has 1 fully saturated rings. The van der Waals surface area contributed by atoms with Gasteiger partial charge in [-0.05, 0) is 112 Å². The van der Waals surface area contributed by atoms with E-state index >= 15 is 0 Å². The van der Waals surface area contributed by atoms with Crippen molar-refractivity contribution in [1.29, 1.82) is 0 Å². The monoisotopic (exact) mass is 1020 g/mol. The van der Waals surface area contributed by atoms with Crippen molar-refractivity contribution in [3.05, 3.63) is 153 Å². The van der Waals surface area contributed by atoms with E-state index in [1.54, 1.807) is 0 Å². The number of benzene rings is 3. The first-order valence-electron chi connectivity index (χ1n) is 26.5. The molecule has 14 heteroatoms. The minimum Gasteiger partial charge on any atom is -0.393 e. The molecule has 3 heterocycles. The molecule has 6 atom stereocenters. The summed E-state index contributed by atoms with van der Waals surface area (Å²) in [6.07, 6.45) is 5.58. The van der Waals surface area contributed by atoms with E-state index in [0.29, 0.717) is 32.7 Å². The van der Waals surface area contributed by atoms with Gasteiger partial charge in [0.15, 0.2) is 5.78 Å². The van der Waals surface area contributed by atoms with Crippen LogP contribution in [-0.4, -0.2) is 87.4 Å². The number of ketones is 1. The zero-order valence-electron chi connectivity index (χ0n) is 45.1. The summed E-state index contributed by atoms with van der Waals surface area (Å²) in [5.74, 6) is -1.75. The van der Waals surface area contributed by atoms with Crippen LogP contribution in [-0.2, 0) is 41.6 Å². The van der Waals surface area contributed by atoms with Crippen molar-refractivity contribution in [3.8, 4) is 11.3 Å². The van der Waals surface area contributed by atoms with Crippen molar-refractivity contribution in [2.75, 3.05) is 26.4 Å². The molecule has 0 saturated heterocycles. The molecule has 0 radical (unpaired) electrons. The van der Waals surface area contributed by atoms with Gasteiger partial charge in [0.05, 0.1) is 42.8 Å². The van der Waals surface area contributed by atoms with Crippen LogP contribution in [0.15, 0.2) is 113 Å². The highest BCUT2D eigenvalue weighted by Gasteiger charge is 2.47. The van der Waals surface area contributed by atoms with Crippen LogP contribution in [0.3, 0.4) is 0 Å². The zero-order valence-corrected chi connectivity index (χ0v) is 45.1. The van der Waals surface area contributed by atoms with Crippen molar-refractivity contribution in [1.82, 2.24) is 30.5 Å². The van der Waals surface area contributed by atoms with E-state index in [1.165, 1.54) is 22.4 Å². The van der Waals surface area contributed by atoms with Gasteiger partial charge in [-0.15, -0.1) is 0 Å². The van der Waals surface area contributed by atoms with E-state index < -0.39 is 41.3 Å². The number of carbonyl (C=O) groups is 4. The fraction of sp³-hybridized carbons (Fsp3) is 0.443. The molecule has 3 aliphatic rings. The average Bonchev–Trinajstić information content (AvgIpc) is 4.17. The third-order valence-electron chi connectivity index (χ3n) is 15.1. The lowest BCUT2D eigenvalue weighted by Crippen LogP contribution is -2.53. The molecule has 14 nitrogen and oxygen atoms in total. The number of hydrogen-bond donors (Lipinski definition) is 5. The van der Waals surface area contributed by atoms with Crippen molar-refractivity contribution in [3.63, 3.8) is 0 Å². The number of carbonyl (C=O) groups excluding carboxylic acids is 4. The van der Waals surface area contributed by atoms with Gasteiger partial charge < -0.3 is 40.1 Å². The first-order chi connectivity index (χ1) is 35.9. The molecule has 2 aromatic heterocycles. The summed E-state index contributed by atoms with van der Waals surface area (Å²) in [6.45, 7) is 19.5. The Kier molecular flexibility index (Phi) is 17.3. The van der Waals surface area contributed by atoms with Crippen molar-refractivity contribution in [2.45, 2.75) is 132 Å². The number of H-pyrrole nitrogens is 1. The first kappa shape index (κ1) is 54.5. The number of amides is 3. The number of aromatic amines is 1. The van der Waals surface area contributed by atoms with E-state index in [9.17, 15) is 24.3 Å². The number of aryl methyl sites for hydroxylation is 3. The molecule has 5 aromatic rings. The minimum atomic E-state index is -0.880. The molecule has 0 bridgehead atoms. The number of aliphatic imine (C=N–C) groups is 1. The fourth-order valence-corrected chi connectivity index (χ4v) is 10.7. The number of hydrogen-bond acceptors (Lipinski definition) is 9. The van der Waals surface area contributed by atoms with Crippen LogP contribution >= 0.6 is 0 Å². The molecule has 396 valence electrons. The second kappa shape index (κ2) is 23.9. The normalized spacial score (nSPS) is 19.3. The number of aromatic nitrogens is 3. The third kappa shape index (κ3) is 13.0. The third-order valence-corrected chi connectivity index (χ3v) is 15.1. The number of allylic oxidation sites excluding steroid dienone is 4. The van der Waals surface area contributed by atoms with Crippen LogP contribution < -0.4 is 16.0 Å². The summed E-state index contributed by atoms with van der Waals surface area (Å²) >= 11 is 0. The molecular weight excluding hydrogens is 943 g/mol. The van der Waals surface area contributed by atoms with E-state index in [2.05, 4.69) is 89.6 Å². The Morgan fingerprint density at radius 2 is 1.49 bits per heavy atom. The predicted octanol–water partition coefficient (Wildman–Crippen LogP) is 9.34. The summed E-state index contributed by atoms with van der Waals surface area (Å²) in [5.41, 5.74) is 14.6. The Morgan fingerprint density at radius 3 is 2.19 bits per heavy atom. The number of ether oxygens (including phenoxy) is 2. The molecule has 4 unspecified atom stereocenters. The maximum Gasteiger partial charge on any atom is 0.246 e. The van der Waals surface area contributed by atoms with Gasteiger partial charge in [0.2, 0.25) is 17.7 Å². The van der Waals surface area contributed by atoms with Gasteiger partial charge >= 0.3 is 0 Å². The lowest BCUT2D eigenvalue weighted by atomic mass is 9.77. The number of nitrogens with zero attached hydrogens (tertiary/aromatic N) is 3. The number of rotatable bonds is 21. The van der Waals surface area contributed by atoms with Gasteiger partial charge in [-0.3, -0.25) is 24.2 Å². The Morgan fingerprint density at radius 1 is 0.813 bits per heavy atom. The highest BCUT2D eigenvalue weighted by Crippen LogP contribution is 2.43. The maximum absolute atomic E-state index is 14.1. The van der Waals surface area contributed by atoms with Crippen LogP contribution in [0.1, 0.15) is 131 Å². The lowest BCUT2D eigenvalue weighted by molar-refractivity contribution is -0.138. The number of fused-ring (bicyclic) bond motifs is 2. The van der Waals surface area contributed by atoms with Gasteiger partial charge in [0.25, 0.3) is 0 Å². The molecule has 0 spiro atoms. The summed E-state index contributed by atoms with van der Waals surface area (Å²) in [7, 11) is 0. The minimum absolute atomic E-state index is 0.0988. The van der Waals surface area contributed by atoms with Crippen molar-refractivity contribution < 1.29 is 33.8 Å². The lowest BCUT2D eigenvalue weighted by Gasteiger charge is -2.33. The van der Waals surface area contributed by atoms with Crippen molar-refractivity contribution >= 4 is 34.9 Å². The Hall–Kier alpha value is -6.74. The van der Waals surface area contributed by atoms with Crippen LogP contribution in [0.25, 0.3) is 17.0 Å². The van der Waals surface area contributed by atoms with Gasteiger partial charge in [-0.1, -0.05) is 105 Å². The SMILES string of the molecule is CC1=C(C)C2=C(C1)n1c(C)cnc1C(CC(=O)N[C@@H](C)c1ccc(CCOCCCOCC(=O)N[C@H](C(=O)C3CC(O)CC3C(=O)NCc3ccc(-c4[nH]ccc4C)cc3)C(C)(C)C)cc1)N=C2c1ccc(C)cc1. The van der Waals surface area contributed by atoms with E-state index in [1.807, 2.05) is 89.5 Å². The van der Waals surface area contributed by atoms with Crippen LogP contribution in [0.5, 0.6) is 0 Å². The molecule has 75 heavy (non-hydrogen) atoms. The summed E-state index contributed by atoms with van der Waals surface area (Å²) < 4.78 is 13.8. The maximum atomic E-state index is 14.1. The number of nitrogens with one attached hydrogen (secondary N) is 4. The molecular formula is C61H75N7O7. The number of imidazole rings is 1. The first-order valence-corrected chi connectivity index (χ1v) is 26.5. The Balaban J connectivity index is 0.748. The standard InChI is InChI=1S/C61H75N7O7/c1-36-11-17-46(18-12-36)56-54-40(5)38(3)29-51(54)68-39(4)33-63-59(68)50(66-56)32-52(70)65-41(6)44-19-13-42(14-20-44)24-28-74-26-10-27-75-35-53(71)67-58(61(7,8)9)57(72)48-30-47(69)31-49(48)60(73)64-34-43-15-21-45(22-16-43)55-37(2)23-25-62-55/h11-23,25,33,41,47-50,58,62,69H,10,24,26-32,34-35H2,1-9H3,(H,64,73)(H,65,70)(H,67,71)/t41-,47?,48?,49?,50?,58+/m0/s1. The summed E-state index contributed by atoms with van der Waals surface area (Å²) in [5, 5.41) is 19.7. The van der Waals surface area contributed by atoms with E-state index in [4.69, 9.17) is 19.5 Å². The van der Waals surface area contributed by atoms with Crippen LogP contribution in [0.2, 0.25) is 0 Å². The topological polar surface area (TPSA) is 189 Å². The summed E-state index contributed by atoms with van der Waals surface area (Å²) in [4.78, 5) is 68.0.